The van der Waals surface area contributed by atoms with E-state index in [4.69, 9.17) is 14.2 Å². The number of carbonyl (C=O) groups excluding carboxylic acids is 1. The van der Waals surface area contributed by atoms with Crippen LogP contribution in [0.15, 0.2) is 46.9 Å². The van der Waals surface area contributed by atoms with Crippen LogP contribution in [-0.2, 0) is 21.4 Å². The molecule has 0 aliphatic carbocycles. The minimum Gasteiger partial charge on any atom is -0.493 e. The molecular weight excluding hydrogens is 422 g/mol. The topological polar surface area (TPSA) is 56.8 Å². The molecule has 3 rings (SSSR count). The first-order chi connectivity index (χ1) is 13.6. The third kappa shape index (κ3) is 4.50. The van der Waals surface area contributed by atoms with Crippen molar-refractivity contribution in [3.63, 3.8) is 0 Å². The molecule has 0 saturated carbocycles. The standard InChI is InChI=1S/C22H26BrNO4/c1-26-19-8-3-16(15-20(19)27-2)9-12-24-21(25)22(10-13-28-14-11-22)17-4-6-18(23)7-5-17/h3-8,15H,9-14H2,1-2H3,(H,24,25). The van der Waals surface area contributed by atoms with Crippen LogP contribution >= 0.6 is 15.9 Å². The minimum absolute atomic E-state index is 0.0681. The molecule has 0 unspecified atom stereocenters. The van der Waals surface area contributed by atoms with Crippen LogP contribution in [0.25, 0.3) is 0 Å². The van der Waals surface area contributed by atoms with Gasteiger partial charge in [-0.2, -0.15) is 0 Å². The molecule has 28 heavy (non-hydrogen) atoms. The van der Waals surface area contributed by atoms with E-state index in [1.165, 1.54) is 0 Å². The summed E-state index contributed by atoms with van der Waals surface area (Å²) in [6.45, 7) is 1.76. The molecule has 1 aliphatic rings. The molecule has 0 radical (unpaired) electrons. The summed E-state index contributed by atoms with van der Waals surface area (Å²) in [6, 6.07) is 13.9. The van der Waals surface area contributed by atoms with Gasteiger partial charge in [0.25, 0.3) is 0 Å². The number of rotatable bonds is 7. The third-order valence-corrected chi connectivity index (χ3v) is 5.85. The van der Waals surface area contributed by atoms with Gasteiger partial charge >= 0.3 is 0 Å². The molecule has 5 nitrogen and oxygen atoms in total. The van der Waals surface area contributed by atoms with Crippen LogP contribution in [0, 0.1) is 0 Å². The van der Waals surface area contributed by atoms with Crippen LogP contribution < -0.4 is 14.8 Å². The van der Waals surface area contributed by atoms with Crippen molar-refractivity contribution >= 4 is 21.8 Å². The van der Waals surface area contributed by atoms with Crippen LogP contribution in [-0.4, -0.2) is 39.9 Å². The summed E-state index contributed by atoms with van der Waals surface area (Å²) in [4.78, 5) is 13.2. The highest BCUT2D eigenvalue weighted by molar-refractivity contribution is 9.10. The number of methoxy groups -OCH3 is 2. The van der Waals surface area contributed by atoms with Gasteiger partial charge in [-0.3, -0.25) is 4.79 Å². The molecule has 6 heteroatoms. The van der Waals surface area contributed by atoms with Gasteiger partial charge in [-0.25, -0.2) is 0 Å². The molecule has 0 atom stereocenters. The van der Waals surface area contributed by atoms with Crippen molar-refractivity contribution in [1.82, 2.24) is 5.32 Å². The van der Waals surface area contributed by atoms with Gasteiger partial charge in [-0.1, -0.05) is 34.1 Å². The van der Waals surface area contributed by atoms with E-state index < -0.39 is 5.41 Å². The van der Waals surface area contributed by atoms with Gasteiger partial charge in [0.15, 0.2) is 11.5 Å². The molecule has 0 spiro atoms. The van der Waals surface area contributed by atoms with Gasteiger partial charge < -0.3 is 19.5 Å². The molecule has 1 N–H and O–H groups in total. The number of hydrogen-bond acceptors (Lipinski definition) is 4. The summed E-state index contributed by atoms with van der Waals surface area (Å²) >= 11 is 3.47. The largest absolute Gasteiger partial charge is 0.493 e. The van der Waals surface area contributed by atoms with Gasteiger partial charge in [0.1, 0.15) is 0 Å². The van der Waals surface area contributed by atoms with E-state index in [0.717, 1.165) is 22.0 Å². The van der Waals surface area contributed by atoms with Crippen LogP contribution in [0.3, 0.4) is 0 Å². The Bertz CT molecular complexity index is 801. The molecule has 1 heterocycles. The van der Waals surface area contributed by atoms with Crippen molar-refractivity contribution in [2.24, 2.45) is 0 Å². The zero-order valence-corrected chi connectivity index (χ0v) is 17.9. The Kier molecular flexibility index (Phi) is 6.97. The maximum atomic E-state index is 13.2. The fourth-order valence-electron chi connectivity index (χ4n) is 3.66. The van der Waals surface area contributed by atoms with Crippen molar-refractivity contribution in [1.29, 1.82) is 0 Å². The van der Waals surface area contributed by atoms with Gasteiger partial charge in [-0.05, 0) is 54.7 Å². The fraction of sp³-hybridized carbons (Fsp3) is 0.409. The number of benzene rings is 2. The van der Waals surface area contributed by atoms with Gasteiger partial charge in [0.2, 0.25) is 5.91 Å². The lowest BCUT2D eigenvalue weighted by Crippen LogP contribution is -2.48. The second-order valence-corrected chi connectivity index (χ2v) is 7.81. The third-order valence-electron chi connectivity index (χ3n) is 5.32. The summed E-state index contributed by atoms with van der Waals surface area (Å²) in [6.07, 6.45) is 2.10. The monoisotopic (exact) mass is 447 g/mol. The Morgan fingerprint density at radius 3 is 2.39 bits per heavy atom. The van der Waals surface area contributed by atoms with Crippen LogP contribution in [0.2, 0.25) is 0 Å². The predicted molar refractivity (Wildman–Crippen MR) is 112 cm³/mol. The fourth-order valence-corrected chi connectivity index (χ4v) is 3.93. The second kappa shape index (κ2) is 9.43. The summed E-state index contributed by atoms with van der Waals surface area (Å²) in [5, 5.41) is 3.14. The lowest BCUT2D eigenvalue weighted by Gasteiger charge is -2.36. The highest BCUT2D eigenvalue weighted by Crippen LogP contribution is 2.36. The van der Waals surface area contributed by atoms with E-state index in [0.29, 0.717) is 44.1 Å². The summed E-state index contributed by atoms with van der Waals surface area (Å²) in [7, 11) is 3.24. The number of carbonyl (C=O) groups is 1. The Morgan fingerprint density at radius 2 is 1.75 bits per heavy atom. The Morgan fingerprint density at radius 1 is 1.07 bits per heavy atom. The van der Waals surface area contributed by atoms with Crippen LogP contribution in [0.5, 0.6) is 11.5 Å². The molecule has 1 saturated heterocycles. The van der Waals surface area contributed by atoms with Crippen molar-refractivity contribution in [2.45, 2.75) is 24.7 Å². The maximum Gasteiger partial charge on any atom is 0.230 e. The smallest absolute Gasteiger partial charge is 0.230 e. The number of amides is 1. The average Bonchev–Trinajstić information content (AvgIpc) is 2.74. The number of ether oxygens (including phenoxy) is 3. The predicted octanol–water partition coefficient (Wildman–Crippen LogP) is 3.87. The molecule has 1 amide bonds. The number of nitrogens with one attached hydrogen (secondary N) is 1. The van der Waals surface area contributed by atoms with E-state index in [9.17, 15) is 4.79 Å². The SMILES string of the molecule is COc1ccc(CCNC(=O)C2(c3ccc(Br)cc3)CCOCC2)cc1OC. The van der Waals surface area contributed by atoms with Crippen molar-refractivity contribution in [3.8, 4) is 11.5 Å². The molecule has 0 aromatic heterocycles. The quantitative estimate of drug-likeness (QED) is 0.699. The average molecular weight is 448 g/mol. The maximum absolute atomic E-state index is 13.2. The van der Waals surface area contributed by atoms with E-state index in [2.05, 4.69) is 21.2 Å². The molecule has 2 aromatic rings. The molecular formula is C22H26BrNO4. The summed E-state index contributed by atoms with van der Waals surface area (Å²) < 4.78 is 17.2. The number of hydrogen-bond donors (Lipinski definition) is 1. The Balaban J connectivity index is 1.68. The Hall–Kier alpha value is -2.05. The van der Waals surface area contributed by atoms with Gasteiger partial charge in [-0.15, -0.1) is 0 Å². The molecule has 1 aliphatic heterocycles. The van der Waals surface area contributed by atoms with Crippen LogP contribution in [0.4, 0.5) is 0 Å². The van der Waals surface area contributed by atoms with E-state index in [-0.39, 0.29) is 5.91 Å². The highest BCUT2D eigenvalue weighted by Gasteiger charge is 2.41. The van der Waals surface area contributed by atoms with E-state index in [1.807, 2.05) is 42.5 Å². The lowest BCUT2D eigenvalue weighted by atomic mass is 9.73. The van der Waals surface area contributed by atoms with Crippen molar-refractivity contribution in [3.05, 3.63) is 58.1 Å². The zero-order chi connectivity index (χ0) is 20.0. The number of halogens is 1. The molecule has 2 aromatic carbocycles. The van der Waals surface area contributed by atoms with Crippen LogP contribution in [0.1, 0.15) is 24.0 Å². The molecule has 150 valence electrons. The first kappa shape index (κ1) is 20.7. The van der Waals surface area contributed by atoms with Gasteiger partial charge in [0, 0.05) is 24.2 Å². The molecule has 1 fully saturated rings. The van der Waals surface area contributed by atoms with Gasteiger partial charge in [0.05, 0.1) is 19.6 Å². The normalized spacial score (nSPS) is 15.7. The van der Waals surface area contributed by atoms with Crippen molar-refractivity contribution in [2.75, 3.05) is 34.0 Å². The highest BCUT2D eigenvalue weighted by atomic mass is 79.9. The van der Waals surface area contributed by atoms with E-state index >= 15 is 0 Å². The lowest BCUT2D eigenvalue weighted by molar-refractivity contribution is -0.130. The summed E-state index contributed by atoms with van der Waals surface area (Å²) in [5.41, 5.74) is 1.60. The second-order valence-electron chi connectivity index (χ2n) is 6.90. The first-order valence-electron chi connectivity index (χ1n) is 9.42. The first-order valence-corrected chi connectivity index (χ1v) is 10.2. The minimum atomic E-state index is -0.531. The summed E-state index contributed by atoms with van der Waals surface area (Å²) in [5.74, 6) is 1.47. The zero-order valence-electron chi connectivity index (χ0n) is 16.3. The van der Waals surface area contributed by atoms with E-state index in [1.54, 1.807) is 14.2 Å². The van der Waals surface area contributed by atoms with Crippen molar-refractivity contribution < 1.29 is 19.0 Å². The Labute approximate surface area is 174 Å². The molecule has 0 bridgehead atoms.